The minimum absolute atomic E-state index is 0.0275. The van der Waals surface area contributed by atoms with E-state index in [9.17, 15) is 30.3 Å². The average Bonchev–Trinajstić information content (AvgIpc) is 3.19. The van der Waals surface area contributed by atoms with Gasteiger partial charge in [-0.3, -0.25) is 30.3 Å². The van der Waals surface area contributed by atoms with E-state index in [0.717, 1.165) is 22.3 Å². The van der Waals surface area contributed by atoms with Crippen LogP contribution in [0.1, 0.15) is 0 Å². The van der Waals surface area contributed by atoms with Gasteiger partial charge in [0, 0.05) is 47.5 Å². The Bertz CT molecular complexity index is 2160. The van der Waals surface area contributed by atoms with Gasteiger partial charge in [-0.1, -0.05) is 12.1 Å². The first-order valence-electron chi connectivity index (χ1n) is 16.3. The van der Waals surface area contributed by atoms with Gasteiger partial charge >= 0.3 is 0 Å². The van der Waals surface area contributed by atoms with Crippen LogP contribution in [0.15, 0.2) is 158 Å². The molecular weight excluding hydrogens is 692 g/mol. The summed E-state index contributed by atoms with van der Waals surface area (Å²) < 4.78 is 17.7. The number of nitrogens with zero attached hydrogens (tertiary/aromatic N) is 4. The summed E-state index contributed by atoms with van der Waals surface area (Å²) >= 11 is 0. The van der Waals surface area contributed by atoms with Gasteiger partial charge in [-0.15, -0.1) is 0 Å². The maximum atomic E-state index is 11.0. The third kappa shape index (κ3) is 8.16. The van der Waals surface area contributed by atoms with Gasteiger partial charge in [0.1, 0.15) is 34.5 Å². The molecule has 0 amide bonds. The molecule has 7 rings (SSSR count). The molecular formula is C41H26N4O9. The highest BCUT2D eigenvalue weighted by atomic mass is 16.6. The van der Waals surface area contributed by atoms with Crippen LogP contribution in [0, 0.1) is 30.3 Å². The molecule has 1 aromatic heterocycles. The fourth-order valence-corrected chi connectivity index (χ4v) is 5.41. The minimum atomic E-state index is -0.470. The van der Waals surface area contributed by atoms with Crippen LogP contribution in [-0.4, -0.2) is 19.8 Å². The first kappa shape index (κ1) is 34.5. The number of ether oxygens (including phenoxy) is 3. The molecule has 13 nitrogen and oxygen atoms in total. The average molecular weight is 719 g/mol. The molecule has 0 fully saturated rings. The molecule has 1 heterocycles. The fourth-order valence-electron chi connectivity index (χ4n) is 5.41. The summed E-state index contributed by atoms with van der Waals surface area (Å²) in [6, 6.07) is 43.5. The Labute approximate surface area is 306 Å². The van der Waals surface area contributed by atoms with E-state index < -0.39 is 14.8 Å². The number of pyridine rings is 1. The second-order valence-corrected chi connectivity index (χ2v) is 11.8. The largest absolute Gasteiger partial charge is 0.457 e. The van der Waals surface area contributed by atoms with Crippen molar-refractivity contribution in [2.24, 2.45) is 0 Å². The number of benzene rings is 6. The van der Waals surface area contributed by atoms with Gasteiger partial charge in [-0.25, -0.2) is 4.98 Å². The maximum absolute atomic E-state index is 11.0. The van der Waals surface area contributed by atoms with E-state index in [2.05, 4.69) is 0 Å². The van der Waals surface area contributed by atoms with E-state index in [4.69, 9.17) is 19.2 Å². The van der Waals surface area contributed by atoms with Crippen molar-refractivity contribution in [3.63, 3.8) is 0 Å². The maximum Gasteiger partial charge on any atom is 0.269 e. The summed E-state index contributed by atoms with van der Waals surface area (Å²) in [6.45, 7) is 0. The second-order valence-electron chi connectivity index (χ2n) is 11.8. The molecule has 0 aliphatic heterocycles. The van der Waals surface area contributed by atoms with E-state index in [1.165, 1.54) is 72.8 Å². The second kappa shape index (κ2) is 15.1. The molecule has 0 bridgehead atoms. The lowest BCUT2D eigenvalue weighted by Crippen LogP contribution is -1.93. The zero-order chi connectivity index (χ0) is 37.6. The fraction of sp³-hybridized carbons (Fsp3) is 0. The molecule has 0 N–H and O–H groups in total. The Morgan fingerprint density at radius 3 is 0.833 bits per heavy atom. The molecule has 0 aliphatic rings. The molecule has 54 heavy (non-hydrogen) atoms. The summed E-state index contributed by atoms with van der Waals surface area (Å²) in [5, 5.41) is 33.0. The molecule has 7 aromatic rings. The van der Waals surface area contributed by atoms with Gasteiger partial charge in [0.05, 0.1) is 26.2 Å². The van der Waals surface area contributed by atoms with E-state index in [0.29, 0.717) is 45.9 Å². The van der Waals surface area contributed by atoms with E-state index in [-0.39, 0.29) is 17.1 Å². The first-order chi connectivity index (χ1) is 26.2. The topological polar surface area (TPSA) is 170 Å². The number of rotatable bonds is 12. The van der Waals surface area contributed by atoms with Gasteiger partial charge in [-0.2, -0.15) is 0 Å². The van der Waals surface area contributed by atoms with Crippen LogP contribution in [0.5, 0.6) is 34.5 Å². The van der Waals surface area contributed by atoms with Crippen LogP contribution < -0.4 is 14.2 Å². The third-order valence-corrected chi connectivity index (χ3v) is 8.16. The number of nitro benzene ring substituents is 3. The Balaban J connectivity index is 1.16. The van der Waals surface area contributed by atoms with E-state index in [1.54, 1.807) is 24.3 Å². The monoisotopic (exact) mass is 718 g/mol. The normalized spacial score (nSPS) is 10.7. The minimum Gasteiger partial charge on any atom is -0.457 e. The zero-order valence-corrected chi connectivity index (χ0v) is 28.0. The SMILES string of the molecule is O=[N+]([O-])c1ccc(Oc2ccc(-c3cc(-c4ccc(Oc5ccc([N+](=O)[O-])cc5)cc4)nc(-c4ccc(Oc5ccc([N+](=O)[O-])cc5)cc4)c3)cc2)cc1. The molecule has 6 aromatic carbocycles. The highest BCUT2D eigenvalue weighted by molar-refractivity contribution is 5.77. The lowest BCUT2D eigenvalue weighted by Gasteiger charge is -2.12. The summed E-state index contributed by atoms with van der Waals surface area (Å²) in [5.74, 6) is 3.00. The molecule has 13 heteroatoms. The lowest BCUT2D eigenvalue weighted by atomic mass is 10.00. The first-order valence-corrected chi connectivity index (χ1v) is 16.3. The highest BCUT2D eigenvalue weighted by Gasteiger charge is 2.13. The van der Waals surface area contributed by atoms with Gasteiger partial charge in [0.2, 0.25) is 0 Å². The third-order valence-electron chi connectivity index (χ3n) is 8.16. The van der Waals surface area contributed by atoms with Crippen molar-refractivity contribution in [3.8, 4) is 68.1 Å². The Kier molecular flexibility index (Phi) is 9.67. The van der Waals surface area contributed by atoms with Crippen LogP contribution in [0.4, 0.5) is 17.1 Å². The van der Waals surface area contributed by atoms with Crippen molar-refractivity contribution in [3.05, 3.63) is 188 Å². The molecule has 264 valence electrons. The van der Waals surface area contributed by atoms with Gasteiger partial charge in [-0.05, 0) is 120 Å². The zero-order valence-electron chi connectivity index (χ0n) is 28.0. The van der Waals surface area contributed by atoms with Crippen molar-refractivity contribution in [2.45, 2.75) is 0 Å². The molecule has 0 aliphatic carbocycles. The molecule has 0 radical (unpaired) electrons. The molecule has 0 unspecified atom stereocenters. The van der Waals surface area contributed by atoms with Crippen LogP contribution in [0.2, 0.25) is 0 Å². The number of nitro groups is 3. The number of aromatic nitrogens is 1. The molecule has 0 saturated carbocycles. The Morgan fingerprint density at radius 2 is 0.574 bits per heavy atom. The van der Waals surface area contributed by atoms with Gasteiger partial charge in [0.15, 0.2) is 0 Å². The summed E-state index contributed by atoms with van der Waals surface area (Å²) in [7, 11) is 0. The standard InChI is InChI=1S/C41H26N4O9/c46-43(47)31-7-19-37(20-8-31)52-34-13-1-27(2-14-34)30-25-40(28-3-15-35(16-4-28)53-38-21-9-32(10-22-38)44(48)49)42-41(26-30)29-5-17-36(18-6-29)54-39-23-11-33(12-24-39)45(50)51/h1-26H. The Hall–Kier alpha value is -7.93. The number of non-ortho nitro benzene ring substituents is 3. The molecule has 0 atom stereocenters. The van der Waals surface area contributed by atoms with E-state index in [1.807, 2.05) is 60.7 Å². The predicted molar refractivity (Wildman–Crippen MR) is 200 cm³/mol. The Morgan fingerprint density at radius 1 is 0.333 bits per heavy atom. The van der Waals surface area contributed by atoms with Crippen molar-refractivity contribution in [2.75, 3.05) is 0 Å². The van der Waals surface area contributed by atoms with Gasteiger partial charge < -0.3 is 14.2 Å². The van der Waals surface area contributed by atoms with Crippen LogP contribution in [0.3, 0.4) is 0 Å². The van der Waals surface area contributed by atoms with Crippen LogP contribution >= 0.6 is 0 Å². The predicted octanol–water partition coefficient (Wildman–Crippen LogP) is 11.2. The molecule has 0 spiro atoms. The number of hydrogen-bond donors (Lipinski definition) is 0. The van der Waals surface area contributed by atoms with Crippen LogP contribution in [0.25, 0.3) is 33.6 Å². The molecule has 0 saturated heterocycles. The summed E-state index contributed by atoms with van der Waals surface area (Å²) in [4.78, 5) is 36.6. The van der Waals surface area contributed by atoms with Crippen LogP contribution in [-0.2, 0) is 0 Å². The lowest BCUT2D eigenvalue weighted by molar-refractivity contribution is -0.385. The van der Waals surface area contributed by atoms with Crippen molar-refractivity contribution in [1.82, 2.24) is 4.98 Å². The van der Waals surface area contributed by atoms with Crippen molar-refractivity contribution >= 4 is 17.1 Å². The van der Waals surface area contributed by atoms with E-state index >= 15 is 0 Å². The highest BCUT2D eigenvalue weighted by Crippen LogP contribution is 2.34. The van der Waals surface area contributed by atoms with Gasteiger partial charge in [0.25, 0.3) is 17.1 Å². The summed E-state index contributed by atoms with van der Waals surface area (Å²) in [5.41, 5.74) is 4.65. The smallest absolute Gasteiger partial charge is 0.269 e. The summed E-state index contributed by atoms with van der Waals surface area (Å²) in [6.07, 6.45) is 0. The quantitative estimate of drug-likeness (QED) is 0.0874. The van der Waals surface area contributed by atoms with Crippen molar-refractivity contribution < 1.29 is 29.0 Å². The number of hydrogen-bond acceptors (Lipinski definition) is 10. The van der Waals surface area contributed by atoms with Crippen molar-refractivity contribution in [1.29, 1.82) is 0 Å².